The van der Waals surface area contributed by atoms with Gasteiger partial charge in [-0.3, -0.25) is 0 Å². The number of hydrogen-bond acceptors (Lipinski definition) is 4. The lowest BCUT2D eigenvalue weighted by Gasteiger charge is -2.01. The average Bonchev–Trinajstić information content (AvgIpc) is 2.96. The molecule has 0 saturated carbocycles. The Labute approximate surface area is 110 Å². The van der Waals surface area contributed by atoms with Gasteiger partial charge in [-0.15, -0.1) is 5.10 Å². The van der Waals surface area contributed by atoms with E-state index in [1.165, 1.54) is 5.56 Å². The van der Waals surface area contributed by atoms with Gasteiger partial charge < -0.3 is 10.3 Å². The molecule has 3 aromatic rings. The maximum Gasteiger partial charge on any atom is 0.131 e. The van der Waals surface area contributed by atoms with E-state index in [1.54, 1.807) is 4.68 Å². The Hall–Kier alpha value is -2.21. The number of nitrogens with two attached hydrogens (primary N) is 1. The number of aromatic nitrogens is 5. The minimum atomic E-state index is 0.404. The number of fused-ring (bicyclic) bond motifs is 1. The first-order valence-electron chi connectivity index (χ1n) is 6.18. The van der Waals surface area contributed by atoms with Crippen molar-refractivity contribution in [1.82, 2.24) is 24.5 Å². The zero-order valence-corrected chi connectivity index (χ0v) is 11.0. The SMILES string of the molecule is Cc1ccc2c(c1)nc(Cn1cc(CN)nn1)n2C. The lowest BCUT2D eigenvalue weighted by Crippen LogP contribution is -2.06. The molecular formula is C13H16N6. The summed E-state index contributed by atoms with van der Waals surface area (Å²) >= 11 is 0. The molecule has 2 aromatic heterocycles. The second kappa shape index (κ2) is 4.47. The van der Waals surface area contributed by atoms with Crippen molar-refractivity contribution in [2.24, 2.45) is 12.8 Å². The molecule has 0 unspecified atom stereocenters. The Balaban J connectivity index is 1.98. The molecule has 6 heteroatoms. The number of rotatable bonds is 3. The van der Waals surface area contributed by atoms with Gasteiger partial charge in [-0.1, -0.05) is 11.3 Å². The molecule has 3 rings (SSSR count). The molecule has 2 heterocycles. The summed E-state index contributed by atoms with van der Waals surface area (Å²) in [5.41, 5.74) is 9.66. The van der Waals surface area contributed by atoms with Crippen LogP contribution in [0.5, 0.6) is 0 Å². The molecule has 0 aliphatic carbocycles. The van der Waals surface area contributed by atoms with Crippen molar-refractivity contribution in [3.8, 4) is 0 Å². The molecule has 0 spiro atoms. The Morgan fingerprint density at radius 2 is 2.16 bits per heavy atom. The topological polar surface area (TPSA) is 74.6 Å². The molecule has 6 nitrogen and oxygen atoms in total. The van der Waals surface area contributed by atoms with Crippen molar-refractivity contribution in [2.45, 2.75) is 20.0 Å². The van der Waals surface area contributed by atoms with E-state index >= 15 is 0 Å². The lowest BCUT2D eigenvalue weighted by molar-refractivity contribution is 0.610. The van der Waals surface area contributed by atoms with Crippen molar-refractivity contribution < 1.29 is 0 Å². The Morgan fingerprint density at radius 1 is 1.32 bits per heavy atom. The number of hydrogen-bond donors (Lipinski definition) is 1. The van der Waals surface area contributed by atoms with Crippen LogP contribution in [0.25, 0.3) is 11.0 Å². The molecular weight excluding hydrogens is 240 g/mol. The molecule has 0 saturated heterocycles. The van der Waals surface area contributed by atoms with Crippen molar-refractivity contribution >= 4 is 11.0 Å². The van der Waals surface area contributed by atoms with E-state index in [-0.39, 0.29) is 0 Å². The molecule has 0 amide bonds. The van der Waals surface area contributed by atoms with Gasteiger partial charge in [0.1, 0.15) is 12.4 Å². The van der Waals surface area contributed by atoms with Gasteiger partial charge in [0.2, 0.25) is 0 Å². The first-order chi connectivity index (χ1) is 9.17. The summed E-state index contributed by atoms with van der Waals surface area (Å²) in [6.45, 7) is 3.07. The summed E-state index contributed by atoms with van der Waals surface area (Å²) in [5.74, 6) is 0.953. The van der Waals surface area contributed by atoms with Crippen LogP contribution >= 0.6 is 0 Å². The third-order valence-corrected chi connectivity index (χ3v) is 3.23. The smallest absolute Gasteiger partial charge is 0.131 e. The van der Waals surface area contributed by atoms with Crippen molar-refractivity contribution in [3.05, 3.63) is 41.5 Å². The highest BCUT2D eigenvalue weighted by Gasteiger charge is 2.09. The van der Waals surface area contributed by atoms with Crippen LogP contribution in [0.2, 0.25) is 0 Å². The molecule has 0 aliphatic heterocycles. The zero-order chi connectivity index (χ0) is 13.4. The normalized spacial score (nSPS) is 11.3. The predicted octanol–water partition coefficient (Wildman–Crippen LogP) is 0.980. The Kier molecular flexibility index (Phi) is 2.79. The lowest BCUT2D eigenvalue weighted by atomic mass is 10.2. The van der Waals surface area contributed by atoms with E-state index in [9.17, 15) is 0 Å². The Morgan fingerprint density at radius 3 is 2.89 bits per heavy atom. The Bertz CT molecular complexity index is 724. The fourth-order valence-corrected chi connectivity index (χ4v) is 2.16. The van der Waals surface area contributed by atoms with Crippen LogP contribution in [0.1, 0.15) is 17.1 Å². The van der Waals surface area contributed by atoms with Gasteiger partial charge in [-0.05, 0) is 24.6 Å². The maximum absolute atomic E-state index is 5.53. The number of aryl methyl sites for hydroxylation is 2. The van der Waals surface area contributed by atoms with E-state index < -0.39 is 0 Å². The zero-order valence-electron chi connectivity index (χ0n) is 11.0. The molecule has 0 atom stereocenters. The van der Waals surface area contributed by atoms with E-state index in [2.05, 4.69) is 45.0 Å². The molecule has 19 heavy (non-hydrogen) atoms. The highest BCUT2D eigenvalue weighted by Crippen LogP contribution is 2.16. The average molecular weight is 256 g/mol. The number of imidazole rings is 1. The second-order valence-electron chi connectivity index (χ2n) is 4.69. The first kappa shape index (κ1) is 11.9. The van der Waals surface area contributed by atoms with Crippen molar-refractivity contribution in [3.63, 3.8) is 0 Å². The van der Waals surface area contributed by atoms with E-state index in [1.807, 2.05) is 13.2 Å². The van der Waals surface area contributed by atoms with Crippen molar-refractivity contribution in [2.75, 3.05) is 0 Å². The molecule has 0 aliphatic rings. The van der Waals surface area contributed by atoms with Crippen LogP contribution < -0.4 is 5.73 Å². The molecule has 0 fully saturated rings. The van der Waals surface area contributed by atoms with Gasteiger partial charge in [-0.2, -0.15) is 0 Å². The van der Waals surface area contributed by atoms with Gasteiger partial charge in [-0.25, -0.2) is 9.67 Å². The van der Waals surface area contributed by atoms with E-state index in [0.29, 0.717) is 13.1 Å². The van der Waals surface area contributed by atoms with Gasteiger partial charge in [0.25, 0.3) is 0 Å². The minimum Gasteiger partial charge on any atom is -0.330 e. The van der Waals surface area contributed by atoms with Gasteiger partial charge >= 0.3 is 0 Å². The maximum atomic E-state index is 5.53. The number of benzene rings is 1. The standard InChI is InChI=1S/C13H16N6/c1-9-3-4-12-11(5-9)15-13(18(12)2)8-19-7-10(6-14)16-17-19/h3-5,7H,6,8,14H2,1-2H3. The van der Waals surface area contributed by atoms with Gasteiger partial charge in [0, 0.05) is 13.6 Å². The van der Waals surface area contributed by atoms with Crippen LogP contribution in [-0.2, 0) is 20.1 Å². The monoisotopic (exact) mass is 256 g/mol. The highest BCUT2D eigenvalue weighted by atomic mass is 15.4. The van der Waals surface area contributed by atoms with Crippen LogP contribution in [0, 0.1) is 6.92 Å². The fraction of sp³-hybridized carbons (Fsp3) is 0.308. The van der Waals surface area contributed by atoms with Crippen LogP contribution in [0.3, 0.4) is 0 Å². The second-order valence-corrected chi connectivity index (χ2v) is 4.69. The molecule has 1 aromatic carbocycles. The quantitative estimate of drug-likeness (QED) is 0.758. The summed E-state index contributed by atoms with van der Waals surface area (Å²) in [7, 11) is 2.01. The summed E-state index contributed by atoms with van der Waals surface area (Å²) in [5, 5.41) is 8.02. The summed E-state index contributed by atoms with van der Waals surface area (Å²) in [4.78, 5) is 4.65. The minimum absolute atomic E-state index is 0.404. The first-order valence-corrected chi connectivity index (χ1v) is 6.18. The molecule has 0 bridgehead atoms. The van der Waals surface area contributed by atoms with Crippen LogP contribution in [0.15, 0.2) is 24.4 Å². The van der Waals surface area contributed by atoms with Crippen molar-refractivity contribution in [1.29, 1.82) is 0 Å². The third kappa shape index (κ3) is 2.10. The van der Waals surface area contributed by atoms with Crippen LogP contribution in [-0.4, -0.2) is 24.5 Å². The largest absolute Gasteiger partial charge is 0.330 e. The highest BCUT2D eigenvalue weighted by molar-refractivity contribution is 5.76. The summed E-state index contributed by atoms with van der Waals surface area (Å²) in [6, 6.07) is 6.27. The predicted molar refractivity (Wildman–Crippen MR) is 72.5 cm³/mol. The van der Waals surface area contributed by atoms with E-state index in [0.717, 1.165) is 22.6 Å². The van der Waals surface area contributed by atoms with Gasteiger partial charge in [0.05, 0.1) is 22.9 Å². The fourth-order valence-electron chi connectivity index (χ4n) is 2.16. The van der Waals surface area contributed by atoms with Gasteiger partial charge in [0.15, 0.2) is 0 Å². The molecule has 98 valence electrons. The summed E-state index contributed by atoms with van der Waals surface area (Å²) in [6.07, 6.45) is 1.85. The van der Waals surface area contributed by atoms with E-state index in [4.69, 9.17) is 5.73 Å². The summed E-state index contributed by atoms with van der Waals surface area (Å²) < 4.78 is 3.84. The third-order valence-electron chi connectivity index (χ3n) is 3.23. The molecule has 0 radical (unpaired) electrons. The molecule has 2 N–H and O–H groups in total. The van der Waals surface area contributed by atoms with Crippen LogP contribution in [0.4, 0.5) is 0 Å². The number of nitrogens with zero attached hydrogens (tertiary/aromatic N) is 5.